The Hall–Kier alpha value is -1.36. The van der Waals surface area contributed by atoms with Crippen LogP contribution in [0.15, 0.2) is 18.3 Å². The molecule has 2 heterocycles. The molecule has 0 bridgehead atoms. The standard InChI is InChI=1S/C12H16FN3S/c1-8(2)16-7-9(3)12(15-16)14-6-10-4-5-11(13)17-10/h4-5,7-8H,6H2,1-3H3,(H,14,15). The van der Waals surface area contributed by atoms with Gasteiger partial charge in [-0.2, -0.15) is 9.49 Å². The van der Waals surface area contributed by atoms with Crippen molar-refractivity contribution < 1.29 is 4.39 Å². The van der Waals surface area contributed by atoms with Crippen molar-refractivity contribution in [3.8, 4) is 0 Å². The minimum Gasteiger partial charge on any atom is -0.363 e. The quantitative estimate of drug-likeness (QED) is 0.902. The summed E-state index contributed by atoms with van der Waals surface area (Å²) in [6.45, 7) is 6.81. The van der Waals surface area contributed by atoms with E-state index in [-0.39, 0.29) is 5.13 Å². The molecule has 0 saturated heterocycles. The summed E-state index contributed by atoms with van der Waals surface area (Å²) in [5.41, 5.74) is 1.11. The lowest BCUT2D eigenvalue weighted by molar-refractivity contribution is 0.533. The van der Waals surface area contributed by atoms with Crippen molar-refractivity contribution >= 4 is 17.2 Å². The summed E-state index contributed by atoms with van der Waals surface area (Å²) in [6.07, 6.45) is 2.02. The van der Waals surface area contributed by atoms with E-state index in [2.05, 4.69) is 24.3 Å². The Bertz CT molecular complexity index is 502. The number of hydrogen-bond donors (Lipinski definition) is 1. The Morgan fingerprint density at radius 3 is 2.76 bits per heavy atom. The number of halogens is 1. The summed E-state index contributed by atoms with van der Waals surface area (Å²) in [5, 5.41) is 7.53. The molecule has 0 aliphatic carbocycles. The fourth-order valence-electron chi connectivity index (χ4n) is 1.54. The zero-order valence-electron chi connectivity index (χ0n) is 10.2. The maximum absolute atomic E-state index is 12.8. The molecule has 2 aromatic heterocycles. The van der Waals surface area contributed by atoms with Gasteiger partial charge in [0.15, 0.2) is 10.9 Å². The van der Waals surface area contributed by atoms with Gasteiger partial charge in [0.05, 0.1) is 6.54 Å². The smallest absolute Gasteiger partial charge is 0.176 e. The molecular weight excluding hydrogens is 237 g/mol. The normalized spacial score (nSPS) is 11.1. The highest BCUT2D eigenvalue weighted by molar-refractivity contribution is 7.10. The molecule has 0 radical (unpaired) electrons. The van der Waals surface area contributed by atoms with Crippen molar-refractivity contribution in [3.05, 3.63) is 33.9 Å². The number of rotatable bonds is 4. The van der Waals surface area contributed by atoms with Crippen LogP contribution in [-0.4, -0.2) is 9.78 Å². The zero-order valence-corrected chi connectivity index (χ0v) is 11.0. The fourth-order valence-corrected chi connectivity index (χ4v) is 2.21. The fraction of sp³-hybridized carbons (Fsp3) is 0.417. The molecule has 3 nitrogen and oxygen atoms in total. The molecule has 1 N–H and O–H groups in total. The number of nitrogens with one attached hydrogen (secondary N) is 1. The second-order valence-electron chi connectivity index (χ2n) is 4.29. The number of hydrogen-bond acceptors (Lipinski definition) is 3. The molecule has 0 aliphatic heterocycles. The van der Waals surface area contributed by atoms with Crippen molar-refractivity contribution in [3.63, 3.8) is 0 Å². The van der Waals surface area contributed by atoms with E-state index < -0.39 is 0 Å². The molecule has 17 heavy (non-hydrogen) atoms. The van der Waals surface area contributed by atoms with Gasteiger partial charge in [0.25, 0.3) is 0 Å². The van der Waals surface area contributed by atoms with Gasteiger partial charge < -0.3 is 5.32 Å². The van der Waals surface area contributed by atoms with Gasteiger partial charge in [-0.1, -0.05) is 0 Å². The summed E-state index contributed by atoms with van der Waals surface area (Å²) < 4.78 is 14.7. The number of aryl methyl sites for hydroxylation is 1. The number of anilines is 1. The Kier molecular flexibility index (Phi) is 3.47. The molecule has 0 atom stereocenters. The van der Waals surface area contributed by atoms with Gasteiger partial charge in [0.2, 0.25) is 0 Å². The monoisotopic (exact) mass is 253 g/mol. The van der Waals surface area contributed by atoms with Crippen LogP contribution in [0.3, 0.4) is 0 Å². The molecule has 2 aromatic rings. The molecule has 0 unspecified atom stereocenters. The van der Waals surface area contributed by atoms with Crippen LogP contribution in [0.4, 0.5) is 10.2 Å². The second-order valence-corrected chi connectivity index (χ2v) is 5.41. The molecule has 0 aliphatic rings. The molecule has 0 amide bonds. The molecule has 2 rings (SSSR count). The molecule has 0 fully saturated rings. The summed E-state index contributed by atoms with van der Waals surface area (Å²) in [4.78, 5) is 0.973. The molecule has 0 saturated carbocycles. The van der Waals surface area contributed by atoms with Crippen LogP contribution in [0, 0.1) is 12.1 Å². The SMILES string of the molecule is Cc1cn(C(C)C)nc1NCc1ccc(F)s1. The van der Waals surface area contributed by atoms with Gasteiger partial charge in [0, 0.05) is 22.7 Å². The van der Waals surface area contributed by atoms with Crippen molar-refractivity contribution in [1.82, 2.24) is 9.78 Å². The largest absolute Gasteiger partial charge is 0.363 e. The maximum atomic E-state index is 12.8. The van der Waals surface area contributed by atoms with Crippen LogP contribution >= 0.6 is 11.3 Å². The highest BCUT2D eigenvalue weighted by Crippen LogP contribution is 2.18. The van der Waals surface area contributed by atoms with E-state index >= 15 is 0 Å². The summed E-state index contributed by atoms with van der Waals surface area (Å²) in [6, 6.07) is 3.63. The second kappa shape index (κ2) is 4.87. The summed E-state index contributed by atoms with van der Waals surface area (Å²) in [7, 11) is 0. The minimum absolute atomic E-state index is 0.147. The third-order valence-corrected chi connectivity index (χ3v) is 3.38. The maximum Gasteiger partial charge on any atom is 0.176 e. The molecular formula is C12H16FN3S. The minimum atomic E-state index is -0.147. The van der Waals surface area contributed by atoms with Gasteiger partial charge in [-0.25, -0.2) is 0 Å². The highest BCUT2D eigenvalue weighted by Gasteiger charge is 2.07. The number of thiophene rings is 1. The molecule has 5 heteroatoms. The topological polar surface area (TPSA) is 29.9 Å². The Morgan fingerprint density at radius 1 is 1.47 bits per heavy atom. The first-order valence-electron chi connectivity index (χ1n) is 5.60. The lowest BCUT2D eigenvalue weighted by Gasteiger charge is -2.04. The van der Waals surface area contributed by atoms with E-state index in [1.165, 1.54) is 6.07 Å². The third kappa shape index (κ3) is 2.85. The van der Waals surface area contributed by atoms with Crippen LogP contribution in [0.1, 0.15) is 30.3 Å². The first-order chi connectivity index (χ1) is 8.06. The average Bonchev–Trinajstić information content (AvgIpc) is 2.82. The lowest BCUT2D eigenvalue weighted by Crippen LogP contribution is -2.03. The predicted molar refractivity (Wildman–Crippen MR) is 69.0 cm³/mol. The van der Waals surface area contributed by atoms with Crippen LogP contribution < -0.4 is 5.32 Å². The van der Waals surface area contributed by atoms with E-state index in [9.17, 15) is 4.39 Å². The molecule has 0 spiro atoms. The van der Waals surface area contributed by atoms with Crippen molar-refractivity contribution in [2.24, 2.45) is 0 Å². The van der Waals surface area contributed by atoms with Crippen molar-refractivity contribution in [2.75, 3.05) is 5.32 Å². The highest BCUT2D eigenvalue weighted by atomic mass is 32.1. The first kappa shape index (κ1) is 12.1. The van der Waals surface area contributed by atoms with Crippen LogP contribution in [0.2, 0.25) is 0 Å². The van der Waals surface area contributed by atoms with E-state index in [1.807, 2.05) is 17.8 Å². The van der Waals surface area contributed by atoms with Gasteiger partial charge in [-0.05, 0) is 32.9 Å². The van der Waals surface area contributed by atoms with Crippen LogP contribution in [0.25, 0.3) is 0 Å². The Balaban J connectivity index is 2.03. The molecule has 0 aromatic carbocycles. The number of nitrogens with zero attached hydrogens (tertiary/aromatic N) is 2. The molecule has 92 valence electrons. The third-order valence-electron chi connectivity index (χ3n) is 2.50. The van der Waals surface area contributed by atoms with Gasteiger partial charge in [-0.3, -0.25) is 4.68 Å². The van der Waals surface area contributed by atoms with E-state index in [4.69, 9.17) is 0 Å². The first-order valence-corrected chi connectivity index (χ1v) is 6.41. The number of aromatic nitrogens is 2. The van der Waals surface area contributed by atoms with E-state index in [1.54, 1.807) is 6.07 Å². The van der Waals surface area contributed by atoms with Crippen molar-refractivity contribution in [1.29, 1.82) is 0 Å². The summed E-state index contributed by atoms with van der Waals surface area (Å²) >= 11 is 1.16. The van der Waals surface area contributed by atoms with Gasteiger partial charge in [-0.15, -0.1) is 11.3 Å². The average molecular weight is 253 g/mol. The van der Waals surface area contributed by atoms with E-state index in [0.29, 0.717) is 12.6 Å². The Morgan fingerprint density at radius 2 is 2.24 bits per heavy atom. The summed E-state index contributed by atoms with van der Waals surface area (Å²) in [5.74, 6) is 0.868. The van der Waals surface area contributed by atoms with Crippen LogP contribution in [-0.2, 0) is 6.54 Å². The van der Waals surface area contributed by atoms with Crippen molar-refractivity contribution in [2.45, 2.75) is 33.4 Å². The zero-order chi connectivity index (χ0) is 12.4. The van der Waals surface area contributed by atoms with E-state index in [0.717, 1.165) is 27.6 Å². The van der Waals surface area contributed by atoms with Gasteiger partial charge >= 0.3 is 0 Å². The Labute approximate surface area is 104 Å². The van der Waals surface area contributed by atoms with Crippen LogP contribution in [0.5, 0.6) is 0 Å². The lowest BCUT2D eigenvalue weighted by atomic mass is 10.3. The predicted octanol–water partition coefficient (Wildman–Crippen LogP) is 3.59. The van der Waals surface area contributed by atoms with Gasteiger partial charge in [0.1, 0.15) is 0 Å².